The SMILES string of the molecule is c1cc2c(s1)CCNC2c1nc(C2CCCOC2)no1. The molecule has 4 heterocycles. The van der Waals surface area contributed by atoms with Crippen LogP contribution in [0.1, 0.15) is 47.0 Å². The molecule has 1 saturated heterocycles. The minimum atomic E-state index is 0.0516. The van der Waals surface area contributed by atoms with Gasteiger partial charge >= 0.3 is 0 Å². The zero-order valence-corrected chi connectivity index (χ0v) is 12.0. The highest BCUT2D eigenvalue weighted by atomic mass is 32.1. The van der Waals surface area contributed by atoms with Crippen molar-refractivity contribution in [1.82, 2.24) is 15.5 Å². The third-order valence-corrected chi connectivity index (χ3v) is 5.02. The van der Waals surface area contributed by atoms with Crippen LogP contribution in [0.3, 0.4) is 0 Å². The van der Waals surface area contributed by atoms with Crippen LogP contribution in [0, 0.1) is 0 Å². The molecular formula is C14H17N3O2S. The third kappa shape index (κ3) is 2.17. The van der Waals surface area contributed by atoms with Gasteiger partial charge in [-0.1, -0.05) is 5.16 Å². The Balaban J connectivity index is 1.60. The van der Waals surface area contributed by atoms with Crippen molar-refractivity contribution in [2.75, 3.05) is 19.8 Å². The Bertz CT molecular complexity index is 589. The Hall–Kier alpha value is -1.24. The van der Waals surface area contributed by atoms with E-state index >= 15 is 0 Å². The second kappa shape index (κ2) is 5.27. The van der Waals surface area contributed by atoms with Gasteiger partial charge in [0.1, 0.15) is 6.04 Å². The first-order chi connectivity index (χ1) is 9.92. The lowest BCUT2D eigenvalue weighted by Crippen LogP contribution is -2.29. The standard InChI is InChI=1S/C14H17N3O2S/c1-2-9(8-18-6-1)13-16-14(19-17-13)12-10-4-7-20-11(10)3-5-15-12/h4,7,9,12,15H,1-3,5-6,8H2. The van der Waals surface area contributed by atoms with Crippen molar-refractivity contribution >= 4 is 11.3 Å². The summed E-state index contributed by atoms with van der Waals surface area (Å²) < 4.78 is 11.0. The molecule has 20 heavy (non-hydrogen) atoms. The smallest absolute Gasteiger partial charge is 0.248 e. The monoisotopic (exact) mass is 291 g/mol. The molecule has 2 aromatic rings. The Kier molecular flexibility index (Phi) is 3.29. The van der Waals surface area contributed by atoms with Gasteiger partial charge in [0, 0.05) is 23.9 Å². The van der Waals surface area contributed by atoms with Crippen LogP contribution in [0.25, 0.3) is 0 Å². The van der Waals surface area contributed by atoms with Crippen molar-refractivity contribution in [2.24, 2.45) is 0 Å². The maximum absolute atomic E-state index is 5.51. The lowest BCUT2D eigenvalue weighted by Gasteiger charge is -2.21. The summed E-state index contributed by atoms with van der Waals surface area (Å²) in [7, 11) is 0. The number of rotatable bonds is 2. The summed E-state index contributed by atoms with van der Waals surface area (Å²) in [5.74, 6) is 1.76. The average molecular weight is 291 g/mol. The van der Waals surface area contributed by atoms with Crippen LogP contribution >= 0.6 is 11.3 Å². The summed E-state index contributed by atoms with van der Waals surface area (Å²) in [6.45, 7) is 2.52. The van der Waals surface area contributed by atoms with Crippen molar-refractivity contribution in [1.29, 1.82) is 0 Å². The van der Waals surface area contributed by atoms with Crippen LogP contribution in [0.4, 0.5) is 0 Å². The van der Waals surface area contributed by atoms with E-state index in [9.17, 15) is 0 Å². The molecule has 2 atom stereocenters. The molecule has 0 radical (unpaired) electrons. The highest BCUT2D eigenvalue weighted by Gasteiger charge is 2.29. The highest BCUT2D eigenvalue weighted by molar-refractivity contribution is 7.10. The average Bonchev–Trinajstić information content (AvgIpc) is 3.17. The van der Waals surface area contributed by atoms with Crippen molar-refractivity contribution < 1.29 is 9.26 Å². The molecule has 2 aliphatic heterocycles. The minimum Gasteiger partial charge on any atom is -0.381 e. The molecule has 106 valence electrons. The molecular weight excluding hydrogens is 274 g/mol. The van der Waals surface area contributed by atoms with Crippen molar-refractivity contribution in [3.05, 3.63) is 33.6 Å². The third-order valence-electron chi connectivity index (χ3n) is 4.02. The Morgan fingerprint density at radius 2 is 2.40 bits per heavy atom. The fourth-order valence-electron chi connectivity index (χ4n) is 2.95. The van der Waals surface area contributed by atoms with E-state index in [2.05, 4.69) is 26.9 Å². The molecule has 1 fully saturated rings. The zero-order valence-electron chi connectivity index (χ0n) is 11.2. The summed E-state index contributed by atoms with van der Waals surface area (Å²) >= 11 is 1.81. The fourth-order valence-corrected chi connectivity index (χ4v) is 3.87. The molecule has 2 aromatic heterocycles. The lowest BCUT2D eigenvalue weighted by atomic mass is 10.0. The first-order valence-corrected chi connectivity index (χ1v) is 8.00. The van der Waals surface area contributed by atoms with Crippen LogP contribution < -0.4 is 5.32 Å². The van der Waals surface area contributed by atoms with Gasteiger partial charge in [0.2, 0.25) is 5.89 Å². The molecule has 2 aliphatic rings. The van der Waals surface area contributed by atoms with Crippen LogP contribution in [0.15, 0.2) is 16.0 Å². The number of aromatic nitrogens is 2. The van der Waals surface area contributed by atoms with Gasteiger partial charge in [-0.15, -0.1) is 11.3 Å². The second-order valence-corrected chi connectivity index (χ2v) is 6.34. The quantitative estimate of drug-likeness (QED) is 0.919. The van der Waals surface area contributed by atoms with Gasteiger partial charge in [-0.05, 0) is 36.3 Å². The number of nitrogens with zero attached hydrogens (tertiary/aromatic N) is 2. The summed E-state index contributed by atoms with van der Waals surface area (Å²) in [6, 6.07) is 2.21. The summed E-state index contributed by atoms with van der Waals surface area (Å²) in [6.07, 6.45) is 3.24. The fraction of sp³-hybridized carbons (Fsp3) is 0.571. The van der Waals surface area contributed by atoms with E-state index in [1.165, 1.54) is 10.4 Å². The predicted octanol–water partition coefficient (Wildman–Crippen LogP) is 2.26. The summed E-state index contributed by atoms with van der Waals surface area (Å²) in [5, 5.41) is 9.78. The van der Waals surface area contributed by atoms with E-state index < -0.39 is 0 Å². The van der Waals surface area contributed by atoms with Gasteiger partial charge in [-0.25, -0.2) is 0 Å². The van der Waals surface area contributed by atoms with Crippen LogP contribution in [-0.4, -0.2) is 29.9 Å². The summed E-state index contributed by atoms with van der Waals surface area (Å²) in [5.41, 5.74) is 1.29. The molecule has 0 aliphatic carbocycles. The predicted molar refractivity (Wildman–Crippen MR) is 75.0 cm³/mol. The molecule has 0 spiro atoms. The van der Waals surface area contributed by atoms with Gasteiger partial charge in [0.15, 0.2) is 5.82 Å². The van der Waals surface area contributed by atoms with Gasteiger partial charge in [0.25, 0.3) is 0 Å². The van der Waals surface area contributed by atoms with E-state index in [1.54, 1.807) is 0 Å². The number of nitrogens with one attached hydrogen (secondary N) is 1. The van der Waals surface area contributed by atoms with E-state index in [-0.39, 0.29) is 12.0 Å². The van der Waals surface area contributed by atoms with E-state index in [1.807, 2.05) is 11.3 Å². The topological polar surface area (TPSA) is 60.2 Å². The zero-order chi connectivity index (χ0) is 13.4. The highest BCUT2D eigenvalue weighted by Crippen LogP contribution is 2.32. The number of thiophene rings is 1. The van der Waals surface area contributed by atoms with E-state index in [0.29, 0.717) is 12.5 Å². The molecule has 5 nitrogen and oxygen atoms in total. The number of fused-ring (bicyclic) bond motifs is 1. The molecule has 6 heteroatoms. The number of hydrogen-bond donors (Lipinski definition) is 1. The molecule has 1 N–H and O–H groups in total. The molecule has 2 unspecified atom stereocenters. The lowest BCUT2D eigenvalue weighted by molar-refractivity contribution is 0.0773. The molecule has 0 bridgehead atoms. The molecule has 0 amide bonds. The van der Waals surface area contributed by atoms with E-state index in [0.717, 1.165) is 38.2 Å². The summed E-state index contributed by atoms with van der Waals surface area (Å²) in [4.78, 5) is 6.05. The number of ether oxygens (including phenoxy) is 1. The van der Waals surface area contributed by atoms with Crippen LogP contribution in [0.2, 0.25) is 0 Å². The van der Waals surface area contributed by atoms with Crippen molar-refractivity contribution in [3.8, 4) is 0 Å². The largest absolute Gasteiger partial charge is 0.381 e. The van der Waals surface area contributed by atoms with Gasteiger partial charge < -0.3 is 14.6 Å². The van der Waals surface area contributed by atoms with Crippen molar-refractivity contribution in [2.45, 2.75) is 31.2 Å². The van der Waals surface area contributed by atoms with Crippen LogP contribution in [0.5, 0.6) is 0 Å². The maximum atomic E-state index is 5.51. The first-order valence-electron chi connectivity index (χ1n) is 7.13. The second-order valence-electron chi connectivity index (χ2n) is 5.34. The normalized spacial score (nSPS) is 26.4. The van der Waals surface area contributed by atoms with Gasteiger partial charge in [-0.3, -0.25) is 0 Å². The number of hydrogen-bond acceptors (Lipinski definition) is 6. The van der Waals surface area contributed by atoms with Crippen LogP contribution in [-0.2, 0) is 11.2 Å². The Morgan fingerprint density at radius 1 is 1.40 bits per heavy atom. The Morgan fingerprint density at radius 3 is 3.30 bits per heavy atom. The van der Waals surface area contributed by atoms with E-state index in [4.69, 9.17) is 9.26 Å². The first kappa shape index (κ1) is 12.5. The molecule has 0 aromatic carbocycles. The molecule has 0 saturated carbocycles. The van der Waals surface area contributed by atoms with Gasteiger partial charge in [-0.2, -0.15) is 4.98 Å². The van der Waals surface area contributed by atoms with Gasteiger partial charge in [0.05, 0.1) is 6.61 Å². The molecule has 4 rings (SSSR count). The maximum Gasteiger partial charge on any atom is 0.248 e. The van der Waals surface area contributed by atoms with Crippen molar-refractivity contribution in [3.63, 3.8) is 0 Å². The Labute approximate surface area is 121 Å². The minimum absolute atomic E-state index is 0.0516.